The van der Waals surface area contributed by atoms with Crippen LogP contribution in [0.4, 0.5) is 0 Å². The monoisotopic (exact) mass is 272 g/mol. The number of H-pyrrole nitrogens is 1. The van der Waals surface area contributed by atoms with Crippen molar-refractivity contribution in [2.24, 2.45) is 0 Å². The normalized spacial score (nSPS) is 12.7. The summed E-state index contributed by atoms with van der Waals surface area (Å²) in [5.41, 5.74) is 2.08. The first-order valence-electron chi connectivity index (χ1n) is 5.91. The van der Waals surface area contributed by atoms with Gasteiger partial charge in [0.15, 0.2) is 5.01 Å². The van der Waals surface area contributed by atoms with Gasteiger partial charge in [0.05, 0.1) is 17.4 Å². The number of thiazole rings is 1. The molecule has 19 heavy (non-hydrogen) atoms. The van der Waals surface area contributed by atoms with Crippen LogP contribution < -0.4 is 0 Å². The predicted octanol–water partition coefficient (Wildman–Crippen LogP) is 2.91. The fourth-order valence-electron chi connectivity index (χ4n) is 1.96. The minimum atomic E-state index is -0.652. The largest absolute Gasteiger partial charge is 0.387 e. The molecule has 1 aromatic carbocycles. The number of fused-ring (bicyclic) bond motifs is 1. The fourth-order valence-corrected chi connectivity index (χ4v) is 2.81. The number of ketones is 1. The van der Waals surface area contributed by atoms with Crippen LogP contribution in [0.5, 0.6) is 0 Å². The second-order valence-electron chi connectivity index (χ2n) is 4.33. The van der Waals surface area contributed by atoms with Gasteiger partial charge in [-0.15, -0.1) is 11.3 Å². The van der Waals surface area contributed by atoms with Gasteiger partial charge in [0.1, 0.15) is 0 Å². The average molecular weight is 272 g/mol. The maximum absolute atomic E-state index is 12.4. The summed E-state index contributed by atoms with van der Waals surface area (Å²) < 4.78 is 0. The van der Waals surface area contributed by atoms with Gasteiger partial charge in [-0.25, -0.2) is 4.98 Å². The van der Waals surface area contributed by atoms with Gasteiger partial charge >= 0.3 is 0 Å². The van der Waals surface area contributed by atoms with Crippen LogP contribution in [0.25, 0.3) is 10.9 Å². The van der Waals surface area contributed by atoms with E-state index in [1.165, 1.54) is 11.3 Å². The van der Waals surface area contributed by atoms with Crippen LogP contribution >= 0.6 is 11.3 Å². The second-order valence-corrected chi connectivity index (χ2v) is 5.19. The lowest BCUT2D eigenvalue weighted by molar-refractivity contribution is 0.103. The second kappa shape index (κ2) is 4.60. The van der Waals surface area contributed by atoms with E-state index in [9.17, 15) is 9.90 Å². The number of nitrogens with one attached hydrogen (secondary N) is 1. The minimum Gasteiger partial charge on any atom is -0.387 e. The SMILES string of the molecule is C[C@H](O)c1csc(C(=O)c2c[nH]c3ccccc23)n1. The van der Waals surface area contributed by atoms with Gasteiger partial charge < -0.3 is 10.1 Å². The number of aliphatic hydroxyl groups is 1. The maximum atomic E-state index is 12.4. The standard InChI is InChI=1S/C14H12N2O2S/c1-8(17)12-7-19-14(16-12)13(18)10-6-15-11-5-3-2-4-9(10)11/h2-8,15,17H,1H3/t8-/m0/s1. The molecular formula is C14H12N2O2S. The van der Waals surface area contributed by atoms with Crippen LogP contribution in [0.2, 0.25) is 0 Å². The Morgan fingerprint density at radius 2 is 2.21 bits per heavy atom. The van der Waals surface area contributed by atoms with Crippen LogP contribution in [-0.4, -0.2) is 20.9 Å². The lowest BCUT2D eigenvalue weighted by Crippen LogP contribution is -2.01. The highest BCUT2D eigenvalue weighted by molar-refractivity contribution is 7.12. The molecule has 0 unspecified atom stereocenters. The Bertz CT molecular complexity index is 743. The summed E-state index contributed by atoms with van der Waals surface area (Å²) in [6.07, 6.45) is 1.05. The van der Waals surface area contributed by atoms with Crippen molar-refractivity contribution in [2.45, 2.75) is 13.0 Å². The molecule has 5 heteroatoms. The number of aromatic nitrogens is 2. The van der Waals surface area contributed by atoms with E-state index >= 15 is 0 Å². The Labute approximate surface area is 113 Å². The number of nitrogens with zero attached hydrogens (tertiary/aromatic N) is 1. The summed E-state index contributed by atoms with van der Waals surface area (Å²) in [6.45, 7) is 1.63. The number of hydrogen-bond acceptors (Lipinski definition) is 4. The van der Waals surface area contributed by atoms with Gasteiger partial charge in [-0.2, -0.15) is 0 Å². The highest BCUT2D eigenvalue weighted by Crippen LogP contribution is 2.23. The number of hydrogen-bond donors (Lipinski definition) is 2. The third-order valence-corrected chi connectivity index (χ3v) is 3.84. The van der Waals surface area contributed by atoms with E-state index in [4.69, 9.17) is 0 Å². The molecule has 2 N–H and O–H groups in total. The van der Waals surface area contributed by atoms with Gasteiger partial charge in [-0.1, -0.05) is 18.2 Å². The molecule has 0 saturated heterocycles. The summed E-state index contributed by atoms with van der Waals surface area (Å²) in [7, 11) is 0. The molecule has 96 valence electrons. The molecule has 3 rings (SSSR count). The van der Waals surface area contributed by atoms with E-state index in [1.54, 1.807) is 18.5 Å². The molecule has 0 bridgehead atoms. The highest BCUT2D eigenvalue weighted by atomic mass is 32.1. The number of aliphatic hydroxyl groups excluding tert-OH is 1. The first-order chi connectivity index (χ1) is 9.16. The summed E-state index contributed by atoms with van der Waals surface area (Å²) in [4.78, 5) is 19.7. The molecule has 4 nitrogen and oxygen atoms in total. The van der Waals surface area contributed by atoms with E-state index in [0.717, 1.165) is 10.9 Å². The smallest absolute Gasteiger partial charge is 0.223 e. The van der Waals surface area contributed by atoms with Crippen molar-refractivity contribution in [2.75, 3.05) is 0 Å². The van der Waals surface area contributed by atoms with Gasteiger partial charge in [-0.3, -0.25) is 4.79 Å². The molecule has 0 amide bonds. The molecule has 2 heterocycles. The number of para-hydroxylation sites is 1. The van der Waals surface area contributed by atoms with E-state index in [1.807, 2.05) is 24.3 Å². The molecule has 0 spiro atoms. The van der Waals surface area contributed by atoms with Gasteiger partial charge in [0.2, 0.25) is 5.78 Å². The molecule has 2 aromatic heterocycles. The first kappa shape index (κ1) is 12.1. The number of rotatable bonds is 3. The number of carbonyl (C=O) groups excluding carboxylic acids is 1. The molecule has 1 atom stereocenters. The molecular weight excluding hydrogens is 260 g/mol. The van der Waals surface area contributed by atoms with Crippen molar-refractivity contribution in [3.05, 3.63) is 52.1 Å². The van der Waals surface area contributed by atoms with Gasteiger partial charge in [0.25, 0.3) is 0 Å². The third kappa shape index (κ3) is 2.07. The van der Waals surface area contributed by atoms with E-state index in [-0.39, 0.29) is 5.78 Å². The minimum absolute atomic E-state index is 0.116. The van der Waals surface area contributed by atoms with Crippen LogP contribution in [0.3, 0.4) is 0 Å². The van der Waals surface area contributed by atoms with Crippen molar-refractivity contribution < 1.29 is 9.90 Å². The Hall–Kier alpha value is -1.98. The zero-order valence-electron chi connectivity index (χ0n) is 10.3. The van der Waals surface area contributed by atoms with Crippen LogP contribution in [0.1, 0.15) is 34.1 Å². The van der Waals surface area contributed by atoms with Crippen molar-refractivity contribution in [1.82, 2.24) is 9.97 Å². The molecule has 3 aromatic rings. The molecule has 0 fully saturated rings. The first-order valence-corrected chi connectivity index (χ1v) is 6.79. The zero-order chi connectivity index (χ0) is 13.4. The van der Waals surface area contributed by atoms with Crippen LogP contribution in [-0.2, 0) is 0 Å². The predicted molar refractivity (Wildman–Crippen MR) is 74.5 cm³/mol. The van der Waals surface area contributed by atoms with E-state index < -0.39 is 6.10 Å². The fraction of sp³-hybridized carbons (Fsp3) is 0.143. The van der Waals surface area contributed by atoms with Crippen LogP contribution in [0.15, 0.2) is 35.8 Å². The Morgan fingerprint density at radius 3 is 2.95 bits per heavy atom. The molecule has 0 saturated carbocycles. The van der Waals surface area contributed by atoms with Crippen LogP contribution in [0, 0.1) is 0 Å². The van der Waals surface area contributed by atoms with Gasteiger partial charge in [-0.05, 0) is 13.0 Å². The summed E-state index contributed by atoms with van der Waals surface area (Å²) in [6, 6.07) is 7.65. The quantitative estimate of drug-likeness (QED) is 0.720. The topological polar surface area (TPSA) is 66.0 Å². The lowest BCUT2D eigenvalue weighted by Gasteiger charge is -1.97. The van der Waals surface area contributed by atoms with Crippen molar-refractivity contribution >= 4 is 28.0 Å². The van der Waals surface area contributed by atoms with Gasteiger partial charge in [0, 0.05) is 22.5 Å². The summed E-state index contributed by atoms with van der Waals surface area (Å²) in [5, 5.41) is 12.5. The summed E-state index contributed by atoms with van der Waals surface area (Å²) >= 11 is 1.26. The lowest BCUT2D eigenvalue weighted by atomic mass is 10.1. The Morgan fingerprint density at radius 1 is 1.42 bits per heavy atom. The molecule has 0 aliphatic carbocycles. The summed E-state index contributed by atoms with van der Waals surface area (Å²) in [5.74, 6) is -0.116. The molecule has 0 radical (unpaired) electrons. The molecule has 0 aliphatic heterocycles. The number of carbonyl (C=O) groups is 1. The van der Waals surface area contributed by atoms with Crippen molar-refractivity contribution in [1.29, 1.82) is 0 Å². The van der Waals surface area contributed by atoms with Crippen molar-refractivity contribution in [3.8, 4) is 0 Å². The maximum Gasteiger partial charge on any atom is 0.223 e. The van der Waals surface area contributed by atoms with Crippen molar-refractivity contribution in [3.63, 3.8) is 0 Å². The Balaban J connectivity index is 2.03. The molecule has 0 aliphatic rings. The average Bonchev–Trinajstić information content (AvgIpc) is 3.05. The van der Waals surface area contributed by atoms with E-state index in [0.29, 0.717) is 16.3 Å². The van der Waals surface area contributed by atoms with E-state index in [2.05, 4.69) is 9.97 Å². The highest BCUT2D eigenvalue weighted by Gasteiger charge is 2.18. The Kier molecular flexibility index (Phi) is 2.93. The zero-order valence-corrected chi connectivity index (χ0v) is 11.1. The third-order valence-electron chi connectivity index (χ3n) is 2.98. The number of aromatic amines is 1. The number of benzene rings is 1.